The quantitative estimate of drug-likeness (QED) is 0.528. The third-order valence-corrected chi connectivity index (χ3v) is 3.30. The molecule has 0 saturated carbocycles. The summed E-state index contributed by atoms with van der Waals surface area (Å²) in [6.45, 7) is 10.1. The van der Waals surface area contributed by atoms with Crippen molar-refractivity contribution in [3.05, 3.63) is 23.8 Å². The second-order valence-corrected chi connectivity index (χ2v) is 6.08. The van der Waals surface area contributed by atoms with Crippen molar-refractivity contribution >= 4 is 11.7 Å². The summed E-state index contributed by atoms with van der Waals surface area (Å²) >= 11 is 0. The average Bonchev–Trinajstić information content (AvgIpc) is 2.47. The van der Waals surface area contributed by atoms with E-state index in [2.05, 4.69) is 5.32 Å². The number of amides is 1. The van der Waals surface area contributed by atoms with E-state index in [0.717, 1.165) is 12.8 Å². The molecule has 0 spiro atoms. The number of rotatable bonds is 7. The summed E-state index contributed by atoms with van der Waals surface area (Å²) in [7, 11) is 0. The number of carbonyl (C=O) groups excluding carboxylic acids is 2. The lowest BCUT2D eigenvalue weighted by molar-refractivity contribution is -0.118. The molecule has 0 heterocycles. The fourth-order valence-electron chi connectivity index (χ4n) is 2.34. The molecule has 1 aromatic carbocycles. The molecule has 0 radical (unpaired) electrons. The molecule has 3 N–H and O–H groups in total. The highest BCUT2D eigenvalue weighted by Crippen LogP contribution is 2.28. The molecule has 1 amide bonds. The molecule has 1 aromatic rings. The van der Waals surface area contributed by atoms with Gasteiger partial charge in [-0.15, -0.1) is 0 Å². The molecular weight excluding hydrogens is 294 g/mol. The van der Waals surface area contributed by atoms with E-state index in [-0.39, 0.29) is 22.5 Å². The van der Waals surface area contributed by atoms with Crippen molar-refractivity contribution in [3.63, 3.8) is 0 Å². The van der Waals surface area contributed by atoms with Crippen molar-refractivity contribution in [2.45, 2.75) is 53.9 Å². The third-order valence-electron chi connectivity index (χ3n) is 3.30. The van der Waals surface area contributed by atoms with Crippen molar-refractivity contribution in [1.29, 1.82) is 0 Å². The van der Waals surface area contributed by atoms with Crippen LogP contribution in [0.25, 0.3) is 0 Å². The van der Waals surface area contributed by atoms with Gasteiger partial charge in [0, 0.05) is 13.0 Å². The molecule has 0 bridgehead atoms. The van der Waals surface area contributed by atoms with Crippen LogP contribution in [0.15, 0.2) is 18.2 Å². The molecular formula is C18H29NO4. The summed E-state index contributed by atoms with van der Waals surface area (Å²) in [5, 5.41) is 21.7. The Morgan fingerprint density at radius 2 is 1.78 bits per heavy atom. The maximum absolute atomic E-state index is 11.9. The first-order valence-corrected chi connectivity index (χ1v) is 8.01. The van der Waals surface area contributed by atoms with Crippen molar-refractivity contribution < 1.29 is 19.8 Å². The van der Waals surface area contributed by atoms with Gasteiger partial charge in [-0.25, -0.2) is 0 Å². The van der Waals surface area contributed by atoms with Crippen LogP contribution in [0.1, 0.15) is 64.2 Å². The second-order valence-electron chi connectivity index (χ2n) is 6.08. The van der Waals surface area contributed by atoms with Crippen molar-refractivity contribution in [2.75, 3.05) is 6.54 Å². The molecule has 5 nitrogen and oxygen atoms in total. The van der Waals surface area contributed by atoms with Gasteiger partial charge < -0.3 is 20.3 Å². The lowest BCUT2D eigenvalue weighted by atomic mass is 9.83. The van der Waals surface area contributed by atoms with Gasteiger partial charge in [0.05, 0.1) is 5.56 Å². The number of phenols is 2. The summed E-state index contributed by atoms with van der Waals surface area (Å²) in [5.74, 6) is -0.987. The molecule has 5 heteroatoms. The number of para-hydroxylation sites is 1. The minimum atomic E-state index is -0.423. The van der Waals surface area contributed by atoms with E-state index in [0.29, 0.717) is 13.0 Å². The number of hydrogen-bond acceptors (Lipinski definition) is 4. The molecule has 0 aromatic heterocycles. The van der Waals surface area contributed by atoms with Crippen LogP contribution < -0.4 is 5.32 Å². The molecule has 0 aliphatic rings. The average molecular weight is 323 g/mol. The van der Waals surface area contributed by atoms with Crippen molar-refractivity contribution in [1.82, 2.24) is 5.32 Å². The maximum atomic E-state index is 11.9. The zero-order valence-corrected chi connectivity index (χ0v) is 14.8. The Kier molecular flexibility index (Phi) is 9.00. The van der Waals surface area contributed by atoms with Gasteiger partial charge in [-0.3, -0.25) is 4.79 Å². The van der Waals surface area contributed by atoms with Crippen LogP contribution in [0, 0.1) is 5.41 Å². The Labute approximate surface area is 138 Å². The largest absolute Gasteiger partial charge is 0.504 e. The molecule has 0 aliphatic heterocycles. The van der Waals surface area contributed by atoms with Crippen LogP contribution >= 0.6 is 0 Å². The van der Waals surface area contributed by atoms with Crippen LogP contribution in [-0.4, -0.2) is 28.4 Å². The van der Waals surface area contributed by atoms with Gasteiger partial charge in [0.15, 0.2) is 11.5 Å². The van der Waals surface area contributed by atoms with Crippen LogP contribution in [0.5, 0.6) is 11.5 Å². The third kappa shape index (κ3) is 7.68. The van der Waals surface area contributed by atoms with Gasteiger partial charge >= 0.3 is 0 Å². The highest BCUT2D eigenvalue weighted by Gasteiger charge is 2.20. The fourth-order valence-corrected chi connectivity index (χ4v) is 2.34. The first kappa shape index (κ1) is 21.0. The van der Waals surface area contributed by atoms with E-state index in [4.69, 9.17) is 0 Å². The van der Waals surface area contributed by atoms with E-state index in [9.17, 15) is 19.8 Å². The summed E-state index contributed by atoms with van der Waals surface area (Å²) in [5.41, 5.74) is -0.0259. The molecule has 0 fully saturated rings. The maximum Gasteiger partial charge on any atom is 0.255 e. The Balaban J connectivity index is 0.00000232. The van der Waals surface area contributed by atoms with E-state index in [1.165, 1.54) is 18.2 Å². The zero-order chi connectivity index (χ0) is 18.0. The second kappa shape index (κ2) is 9.87. The fraction of sp³-hybridized carbons (Fsp3) is 0.556. The lowest BCUT2D eigenvalue weighted by Crippen LogP contribution is -2.26. The summed E-state index contributed by atoms with van der Waals surface area (Å²) in [4.78, 5) is 23.0. The van der Waals surface area contributed by atoms with Gasteiger partial charge in [0.25, 0.3) is 5.91 Å². The number of ketones is 1. The van der Waals surface area contributed by atoms with Crippen molar-refractivity contribution in [2.24, 2.45) is 5.41 Å². The van der Waals surface area contributed by atoms with E-state index in [1.54, 1.807) is 6.92 Å². The minimum Gasteiger partial charge on any atom is -0.504 e. The van der Waals surface area contributed by atoms with Gasteiger partial charge in [-0.05, 0) is 37.3 Å². The number of hydrogen-bond donors (Lipinski definition) is 3. The van der Waals surface area contributed by atoms with Crippen LogP contribution in [0.2, 0.25) is 0 Å². The first-order valence-electron chi connectivity index (χ1n) is 8.01. The molecule has 23 heavy (non-hydrogen) atoms. The lowest BCUT2D eigenvalue weighted by Gasteiger charge is -2.23. The van der Waals surface area contributed by atoms with Gasteiger partial charge in [-0.1, -0.05) is 33.8 Å². The highest BCUT2D eigenvalue weighted by molar-refractivity contribution is 5.97. The Bertz CT molecular complexity index is 524. The predicted octanol–water partition coefficient (Wildman–Crippen LogP) is 3.64. The van der Waals surface area contributed by atoms with Crippen LogP contribution in [-0.2, 0) is 4.79 Å². The molecule has 1 rings (SSSR count). The minimum absolute atomic E-state index is 0.0537. The normalized spacial score (nSPS) is 10.5. The number of nitrogens with one attached hydrogen (secondary N) is 1. The van der Waals surface area contributed by atoms with Crippen LogP contribution in [0.4, 0.5) is 0 Å². The summed E-state index contributed by atoms with van der Waals surface area (Å²) in [6.07, 6.45) is 2.08. The molecule has 0 aliphatic carbocycles. The molecule has 0 atom stereocenters. The molecule has 0 saturated heterocycles. The number of Topliss-reactive ketones (excluding diaryl/α,β-unsaturated/α-hetero) is 1. The van der Waals surface area contributed by atoms with E-state index < -0.39 is 11.7 Å². The number of phenolic OH excluding ortho intramolecular Hbond substituents is 2. The predicted molar refractivity (Wildman–Crippen MR) is 91.8 cm³/mol. The Hall–Kier alpha value is -2.04. The monoisotopic (exact) mass is 323 g/mol. The number of carbonyl (C=O) groups is 2. The smallest absolute Gasteiger partial charge is 0.255 e. The Morgan fingerprint density at radius 1 is 1.17 bits per heavy atom. The van der Waals surface area contributed by atoms with Crippen molar-refractivity contribution in [3.8, 4) is 11.5 Å². The number of benzene rings is 1. The molecule has 0 unspecified atom stereocenters. The summed E-state index contributed by atoms with van der Waals surface area (Å²) < 4.78 is 0. The van der Waals surface area contributed by atoms with Gasteiger partial charge in [-0.2, -0.15) is 0 Å². The van der Waals surface area contributed by atoms with E-state index >= 15 is 0 Å². The first-order chi connectivity index (χ1) is 10.7. The summed E-state index contributed by atoms with van der Waals surface area (Å²) in [6, 6.07) is 4.26. The highest BCUT2D eigenvalue weighted by atomic mass is 16.3. The van der Waals surface area contributed by atoms with Gasteiger partial charge in [0.2, 0.25) is 0 Å². The van der Waals surface area contributed by atoms with E-state index in [1.807, 2.05) is 27.7 Å². The number of aromatic hydroxyl groups is 2. The zero-order valence-electron chi connectivity index (χ0n) is 14.8. The topological polar surface area (TPSA) is 86.6 Å². The van der Waals surface area contributed by atoms with Gasteiger partial charge in [0.1, 0.15) is 5.78 Å². The standard InChI is InChI=1S/C16H23NO4.C2H6/c1-11(18)10-16(2,3)8-5-9-17-15(21)12-6-4-7-13(19)14(12)20;1-2/h4,6-7,19-20H,5,8-10H2,1-3H3,(H,17,21);1-2H3. The molecule has 130 valence electrons. The van der Waals surface area contributed by atoms with Crippen LogP contribution in [0.3, 0.4) is 0 Å². The SMILES string of the molecule is CC.CC(=O)CC(C)(C)CCCNC(=O)c1cccc(O)c1O. The Morgan fingerprint density at radius 3 is 2.35 bits per heavy atom.